The zero-order chi connectivity index (χ0) is 27.6. The van der Waals surface area contributed by atoms with Crippen molar-refractivity contribution in [2.45, 2.75) is 69.6 Å². The summed E-state index contributed by atoms with van der Waals surface area (Å²) < 4.78 is 6.24. The van der Waals surface area contributed by atoms with Gasteiger partial charge in [-0.15, -0.1) is 0 Å². The molecule has 7 rings (SSSR count). The Morgan fingerprint density at radius 2 is 1.88 bits per heavy atom. The first-order chi connectivity index (χ1) is 19.3. The fraction of sp³-hybridized carbons (Fsp3) is 0.516. The molecule has 40 heavy (non-hydrogen) atoms. The summed E-state index contributed by atoms with van der Waals surface area (Å²) in [6.07, 6.45) is 5.16. The maximum Gasteiger partial charge on any atom is 0.319 e. The van der Waals surface area contributed by atoms with E-state index in [9.17, 15) is 9.90 Å². The van der Waals surface area contributed by atoms with Gasteiger partial charge in [-0.2, -0.15) is 9.97 Å². The Kier molecular flexibility index (Phi) is 6.12. The Hall–Kier alpha value is -3.43. The number of piperazine rings is 1. The summed E-state index contributed by atoms with van der Waals surface area (Å²) >= 11 is 0. The molecule has 4 aliphatic rings. The average molecular weight is 543 g/mol. The summed E-state index contributed by atoms with van der Waals surface area (Å²) in [6.45, 7) is 7.45. The zero-order valence-corrected chi connectivity index (χ0v) is 23.6. The molecule has 0 spiro atoms. The number of ether oxygens (including phenoxy) is 1. The van der Waals surface area contributed by atoms with Crippen LogP contribution in [-0.2, 0) is 6.42 Å². The van der Waals surface area contributed by atoms with Gasteiger partial charge in [-0.05, 0) is 64.6 Å². The first-order valence-electron chi connectivity index (χ1n) is 14.6. The molecule has 1 aromatic heterocycles. The number of anilines is 2. The summed E-state index contributed by atoms with van der Waals surface area (Å²) in [5.41, 5.74) is 1.41. The van der Waals surface area contributed by atoms with Crippen LogP contribution in [0.4, 0.5) is 11.5 Å². The zero-order valence-electron chi connectivity index (χ0n) is 23.6. The molecule has 3 saturated heterocycles. The SMILES string of the molecule is CN1CCC[C@H]1COc1nc2c(c(N3CC4CCC(C3)N4)n1)CC(C)(C)N(c1cc(O)cc3ccccc13)C2=O. The van der Waals surface area contributed by atoms with Crippen molar-refractivity contribution in [3.05, 3.63) is 47.7 Å². The minimum atomic E-state index is -0.569. The van der Waals surface area contributed by atoms with Crippen molar-refractivity contribution in [3.8, 4) is 11.8 Å². The van der Waals surface area contributed by atoms with Crippen LogP contribution in [0.5, 0.6) is 11.8 Å². The number of hydrogen-bond acceptors (Lipinski definition) is 8. The summed E-state index contributed by atoms with van der Waals surface area (Å²) in [5.74, 6) is 0.777. The van der Waals surface area contributed by atoms with Crippen LogP contribution in [0.25, 0.3) is 10.8 Å². The molecule has 3 atom stereocenters. The van der Waals surface area contributed by atoms with Crippen LogP contribution in [0.1, 0.15) is 55.6 Å². The standard InChI is InChI=1S/C31H38N6O3/c1-31(2)15-25-27(29(39)37(31)26-14-23(38)13-19-7-4-5-9-24(19)26)33-30(40-18-22-8-6-12-35(22)3)34-28(25)36-16-20-10-11-21(17-36)32-20/h4-5,7,9,13-14,20-22,32,38H,6,8,10-12,15-18H2,1-3H3/t20?,21?,22-/m0/s1. The van der Waals surface area contributed by atoms with Gasteiger partial charge in [0.05, 0.1) is 5.69 Å². The highest BCUT2D eigenvalue weighted by Gasteiger charge is 2.44. The highest BCUT2D eigenvalue weighted by molar-refractivity contribution is 6.13. The molecule has 2 aromatic carbocycles. The highest BCUT2D eigenvalue weighted by Crippen LogP contribution is 2.42. The first-order valence-corrected chi connectivity index (χ1v) is 14.6. The van der Waals surface area contributed by atoms with Crippen LogP contribution in [0, 0.1) is 0 Å². The number of carbonyl (C=O) groups excluding carboxylic acids is 1. The Balaban J connectivity index is 1.32. The number of likely N-dealkylation sites (N-methyl/N-ethyl adjacent to an activating group) is 1. The van der Waals surface area contributed by atoms with Gasteiger partial charge in [0.25, 0.3) is 5.91 Å². The molecule has 0 radical (unpaired) electrons. The lowest BCUT2D eigenvalue weighted by Gasteiger charge is -2.44. The van der Waals surface area contributed by atoms with Gasteiger partial charge in [-0.3, -0.25) is 4.79 Å². The Labute approximate surface area is 235 Å². The number of rotatable bonds is 5. The predicted molar refractivity (Wildman–Crippen MR) is 156 cm³/mol. The molecule has 0 saturated carbocycles. The van der Waals surface area contributed by atoms with Crippen LogP contribution in [-0.4, -0.2) is 82.8 Å². The Bertz CT molecular complexity index is 1460. The van der Waals surface area contributed by atoms with Crippen molar-refractivity contribution in [1.82, 2.24) is 20.2 Å². The van der Waals surface area contributed by atoms with E-state index < -0.39 is 5.54 Å². The third kappa shape index (κ3) is 4.36. The van der Waals surface area contributed by atoms with E-state index in [0.717, 1.165) is 67.5 Å². The molecule has 0 aliphatic carbocycles. The van der Waals surface area contributed by atoms with Gasteiger partial charge in [-0.25, -0.2) is 0 Å². The van der Waals surface area contributed by atoms with Gasteiger partial charge in [0, 0.05) is 60.2 Å². The maximum absolute atomic E-state index is 14.5. The maximum atomic E-state index is 14.5. The minimum absolute atomic E-state index is 0.132. The number of phenolic OH excluding ortho intramolecular Hbond substituents is 1. The lowest BCUT2D eigenvalue weighted by molar-refractivity contribution is 0.0941. The third-order valence-corrected chi connectivity index (χ3v) is 9.24. The lowest BCUT2D eigenvalue weighted by Crippen LogP contribution is -2.55. The number of hydrogen-bond donors (Lipinski definition) is 2. The molecule has 4 aliphatic heterocycles. The molecule has 9 nitrogen and oxygen atoms in total. The molecule has 9 heteroatoms. The van der Waals surface area contributed by atoms with Crippen LogP contribution < -0.4 is 19.9 Å². The van der Waals surface area contributed by atoms with Gasteiger partial charge >= 0.3 is 6.01 Å². The van der Waals surface area contributed by atoms with Crippen molar-refractivity contribution >= 4 is 28.2 Å². The van der Waals surface area contributed by atoms with Crippen LogP contribution in [0.15, 0.2) is 36.4 Å². The van der Waals surface area contributed by atoms with Gasteiger partial charge in [-0.1, -0.05) is 24.3 Å². The molecule has 1 amide bonds. The second-order valence-electron chi connectivity index (χ2n) is 12.6. The molecule has 3 aromatic rings. The molecular weight excluding hydrogens is 504 g/mol. The molecule has 210 valence electrons. The van der Waals surface area contributed by atoms with E-state index in [1.165, 1.54) is 0 Å². The predicted octanol–water partition coefficient (Wildman–Crippen LogP) is 3.73. The minimum Gasteiger partial charge on any atom is -0.508 e. The molecule has 2 bridgehead atoms. The number of amides is 1. The molecule has 2 N–H and O–H groups in total. The summed E-state index contributed by atoms with van der Waals surface area (Å²) in [4.78, 5) is 30.7. The van der Waals surface area contributed by atoms with Crippen molar-refractivity contribution in [2.24, 2.45) is 0 Å². The highest BCUT2D eigenvalue weighted by atomic mass is 16.5. The second kappa shape index (κ2) is 9.59. The fourth-order valence-corrected chi connectivity index (χ4v) is 7.24. The number of benzene rings is 2. The Morgan fingerprint density at radius 3 is 2.62 bits per heavy atom. The molecule has 2 unspecified atom stereocenters. The second-order valence-corrected chi connectivity index (χ2v) is 12.6. The monoisotopic (exact) mass is 542 g/mol. The quantitative estimate of drug-likeness (QED) is 0.504. The van der Waals surface area contributed by atoms with Crippen LogP contribution in [0.2, 0.25) is 0 Å². The van der Waals surface area contributed by atoms with Crippen molar-refractivity contribution in [3.63, 3.8) is 0 Å². The lowest BCUT2D eigenvalue weighted by atomic mass is 9.86. The van der Waals surface area contributed by atoms with Gasteiger partial charge in [0.15, 0.2) is 0 Å². The van der Waals surface area contributed by atoms with E-state index >= 15 is 0 Å². The number of nitrogens with one attached hydrogen (secondary N) is 1. The third-order valence-electron chi connectivity index (χ3n) is 9.24. The average Bonchev–Trinajstić information content (AvgIpc) is 3.49. The first kappa shape index (κ1) is 25.5. The number of phenols is 1. The number of aromatic nitrogens is 2. The smallest absolute Gasteiger partial charge is 0.319 e. The summed E-state index contributed by atoms with van der Waals surface area (Å²) in [7, 11) is 2.12. The molecule has 5 heterocycles. The normalized spacial score (nSPS) is 26.0. The van der Waals surface area contributed by atoms with E-state index in [1.54, 1.807) is 12.1 Å². The van der Waals surface area contributed by atoms with E-state index in [0.29, 0.717) is 42.5 Å². The van der Waals surface area contributed by atoms with E-state index in [1.807, 2.05) is 29.2 Å². The molecular formula is C31H38N6O3. The number of carbonyl (C=O) groups is 1. The summed E-state index contributed by atoms with van der Waals surface area (Å²) in [6, 6.07) is 12.7. The number of fused-ring (bicyclic) bond motifs is 4. The van der Waals surface area contributed by atoms with E-state index in [2.05, 4.69) is 36.0 Å². The number of likely N-dealkylation sites (tertiary alicyclic amines) is 1. The fourth-order valence-electron chi connectivity index (χ4n) is 7.24. The van der Waals surface area contributed by atoms with E-state index in [-0.39, 0.29) is 17.7 Å². The largest absolute Gasteiger partial charge is 0.508 e. The Morgan fingerprint density at radius 1 is 1.10 bits per heavy atom. The van der Waals surface area contributed by atoms with Crippen LogP contribution in [0.3, 0.4) is 0 Å². The number of aromatic hydroxyl groups is 1. The number of nitrogens with zero attached hydrogens (tertiary/aromatic N) is 5. The van der Waals surface area contributed by atoms with Gasteiger partial charge < -0.3 is 29.9 Å². The van der Waals surface area contributed by atoms with Gasteiger partial charge in [0.1, 0.15) is 23.9 Å². The summed E-state index contributed by atoms with van der Waals surface area (Å²) in [5, 5.41) is 16.1. The van der Waals surface area contributed by atoms with Crippen molar-refractivity contribution in [2.75, 3.05) is 43.1 Å². The topological polar surface area (TPSA) is 94.1 Å². The molecule has 3 fully saturated rings. The van der Waals surface area contributed by atoms with Crippen LogP contribution >= 0.6 is 0 Å². The van der Waals surface area contributed by atoms with Gasteiger partial charge in [0.2, 0.25) is 0 Å². The van der Waals surface area contributed by atoms with Crippen molar-refractivity contribution in [1.29, 1.82) is 0 Å². The van der Waals surface area contributed by atoms with Crippen molar-refractivity contribution < 1.29 is 14.6 Å². The van der Waals surface area contributed by atoms with E-state index in [4.69, 9.17) is 14.7 Å².